The van der Waals surface area contributed by atoms with Crippen LogP contribution in [0.2, 0.25) is 0 Å². The molecule has 0 saturated carbocycles. The van der Waals surface area contributed by atoms with Crippen LogP contribution < -0.4 is 0 Å². The molecule has 1 heterocycles. The molecule has 5 heteroatoms. The summed E-state index contributed by atoms with van der Waals surface area (Å²) in [5, 5.41) is 0. The van der Waals surface area contributed by atoms with Gasteiger partial charge in [-0.3, -0.25) is 9.79 Å². The minimum atomic E-state index is -4.76. The Morgan fingerprint density at radius 1 is 1.50 bits per heavy atom. The first kappa shape index (κ1) is 11.2. The summed E-state index contributed by atoms with van der Waals surface area (Å²) in [5.41, 5.74) is -0.644. The van der Waals surface area contributed by atoms with Crippen molar-refractivity contribution < 1.29 is 18.0 Å². The molecular weight excluding hydrogens is 195 g/mol. The molecule has 1 aliphatic heterocycles. The van der Waals surface area contributed by atoms with E-state index in [1.807, 2.05) is 0 Å². The predicted molar refractivity (Wildman–Crippen MR) is 46.3 cm³/mol. The first-order valence-electron chi connectivity index (χ1n) is 4.36. The van der Waals surface area contributed by atoms with E-state index in [1.54, 1.807) is 13.8 Å². The smallest absolute Gasteiger partial charge is 0.297 e. The van der Waals surface area contributed by atoms with Crippen molar-refractivity contribution in [3.05, 3.63) is 0 Å². The zero-order chi connectivity index (χ0) is 11.0. The van der Waals surface area contributed by atoms with Crippen LogP contribution in [0.3, 0.4) is 0 Å². The topological polar surface area (TPSA) is 29.4 Å². The third-order valence-electron chi connectivity index (χ3n) is 2.54. The highest BCUT2D eigenvalue weighted by Gasteiger charge is 2.48. The van der Waals surface area contributed by atoms with Crippen molar-refractivity contribution in [2.75, 3.05) is 6.54 Å². The van der Waals surface area contributed by atoms with E-state index in [4.69, 9.17) is 0 Å². The first-order chi connectivity index (χ1) is 6.25. The van der Waals surface area contributed by atoms with E-state index in [2.05, 4.69) is 4.99 Å². The van der Waals surface area contributed by atoms with Gasteiger partial charge in [-0.25, -0.2) is 0 Å². The minimum absolute atomic E-state index is 0.495. The summed E-state index contributed by atoms with van der Waals surface area (Å²) in [7, 11) is 0. The number of rotatable bonds is 1. The molecule has 0 aromatic carbocycles. The van der Waals surface area contributed by atoms with Crippen LogP contribution in [0.1, 0.15) is 20.3 Å². The fourth-order valence-electron chi connectivity index (χ4n) is 1.49. The van der Waals surface area contributed by atoms with Crippen molar-refractivity contribution in [2.45, 2.75) is 26.4 Å². The molecule has 1 aliphatic rings. The lowest BCUT2D eigenvalue weighted by molar-refractivity contribution is -0.176. The van der Waals surface area contributed by atoms with Gasteiger partial charge in [-0.2, -0.15) is 13.2 Å². The standard InChI is InChI=1S/C9H12F3NO/c1-8(2)3-4-13-5-6(8)7(14)9(10,11)12/h5-6H,3-4H2,1-2H3. The van der Waals surface area contributed by atoms with Crippen molar-refractivity contribution in [1.29, 1.82) is 0 Å². The van der Waals surface area contributed by atoms with Crippen molar-refractivity contribution >= 4 is 12.0 Å². The summed E-state index contributed by atoms with van der Waals surface area (Å²) < 4.78 is 36.5. The van der Waals surface area contributed by atoms with Gasteiger partial charge in [0.2, 0.25) is 5.78 Å². The molecule has 1 rings (SSSR count). The summed E-state index contributed by atoms with van der Waals surface area (Å²) >= 11 is 0. The summed E-state index contributed by atoms with van der Waals surface area (Å²) in [5.74, 6) is -2.82. The normalized spacial score (nSPS) is 26.2. The van der Waals surface area contributed by atoms with Gasteiger partial charge in [-0.15, -0.1) is 0 Å². The summed E-state index contributed by atoms with van der Waals surface area (Å²) in [6.45, 7) is 3.81. The second kappa shape index (κ2) is 3.37. The van der Waals surface area contributed by atoms with E-state index in [1.165, 1.54) is 0 Å². The zero-order valence-electron chi connectivity index (χ0n) is 8.06. The second-order valence-corrected chi connectivity index (χ2v) is 4.13. The van der Waals surface area contributed by atoms with Gasteiger partial charge < -0.3 is 0 Å². The number of aliphatic imine (C=N–C) groups is 1. The van der Waals surface area contributed by atoms with Gasteiger partial charge in [0.15, 0.2) is 0 Å². The molecule has 0 spiro atoms. The Balaban J connectivity index is 2.91. The predicted octanol–water partition coefficient (Wildman–Crippen LogP) is 2.23. The van der Waals surface area contributed by atoms with Crippen LogP contribution in [0.25, 0.3) is 0 Å². The van der Waals surface area contributed by atoms with Gasteiger partial charge in [0.1, 0.15) is 0 Å². The molecule has 0 aliphatic carbocycles. The molecule has 0 saturated heterocycles. The van der Waals surface area contributed by atoms with Gasteiger partial charge in [0.05, 0.1) is 5.92 Å². The molecule has 14 heavy (non-hydrogen) atoms. The van der Waals surface area contributed by atoms with Gasteiger partial charge in [-0.05, 0) is 11.8 Å². The highest BCUT2D eigenvalue weighted by molar-refractivity contribution is 5.99. The van der Waals surface area contributed by atoms with Gasteiger partial charge in [-0.1, -0.05) is 13.8 Å². The highest BCUT2D eigenvalue weighted by Crippen LogP contribution is 2.36. The number of ketones is 1. The highest BCUT2D eigenvalue weighted by atomic mass is 19.4. The summed E-state index contributed by atoms with van der Waals surface area (Å²) in [6, 6.07) is 0. The second-order valence-electron chi connectivity index (χ2n) is 4.13. The van der Waals surface area contributed by atoms with Crippen LogP contribution >= 0.6 is 0 Å². The van der Waals surface area contributed by atoms with Crippen LogP contribution in [-0.4, -0.2) is 24.7 Å². The summed E-state index contributed by atoms with van der Waals surface area (Å²) in [4.78, 5) is 14.8. The van der Waals surface area contributed by atoms with E-state index in [0.717, 1.165) is 6.21 Å². The number of carbonyl (C=O) groups is 1. The van der Waals surface area contributed by atoms with Crippen LogP contribution in [0.4, 0.5) is 13.2 Å². The maximum Gasteiger partial charge on any atom is 0.450 e. The molecule has 0 aromatic rings. The van der Waals surface area contributed by atoms with Crippen LogP contribution in [0.5, 0.6) is 0 Å². The Hall–Kier alpha value is -0.870. The van der Waals surface area contributed by atoms with E-state index < -0.39 is 23.3 Å². The molecular formula is C9H12F3NO. The molecule has 0 fully saturated rings. The molecule has 0 aromatic heterocycles. The van der Waals surface area contributed by atoms with Gasteiger partial charge >= 0.3 is 6.18 Å². The van der Waals surface area contributed by atoms with Gasteiger partial charge in [0.25, 0.3) is 0 Å². The lowest BCUT2D eigenvalue weighted by atomic mass is 9.73. The van der Waals surface area contributed by atoms with E-state index in [9.17, 15) is 18.0 Å². The Labute approximate surface area is 80.2 Å². The number of nitrogens with zero attached hydrogens (tertiary/aromatic N) is 1. The van der Waals surface area contributed by atoms with E-state index in [0.29, 0.717) is 13.0 Å². The number of alkyl halides is 3. The average molecular weight is 207 g/mol. The molecule has 1 atom stereocenters. The molecule has 0 N–H and O–H groups in total. The Morgan fingerprint density at radius 3 is 2.50 bits per heavy atom. The fraction of sp³-hybridized carbons (Fsp3) is 0.778. The largest absolute Gasteiger partial charge is 0.450 e. The number of hydrogen-bond donors (Lipinski definition) is 0. The average Bonchev–Trinajstić information content (AvgIpc) is 2.00. The quantitative estimate of drug-likeness (QED) is 0.648. The lowest BCUT2D eigenvalue weighted by Crippen LogP contribution is -2.42. The Kier molecular flexibility index (Phi) is 2.69. The number of hydrogen-bond acceptors (Lipinski definition) is 2. The number of carbonyl (C=O) groups excluding carboxylic acids is 1. The molecule has 0 radical (unpaired) electrons. The maximum absolute atomic E-state index is 12.2. The number of halogens is 3. The third-order valence-corrected chi connectivity index (χ3v) is 2.54. The Bertz CT molecular complexity index is 268. The zero-order valence-corrected chi connectivity index (χ0v) is 8.06. The minimum Gasteiger partial charge on any atom is -0.297 e. The maximum atomic E-state index is 12.2. The monoisotopic (exact) mass is 207 g/mol. The Morgan fingerprint density at radius 2 is 2.07 bits per heavy atom. The summed E-state index contributed by atoms with van der Waals surface area (Å²) in [6.07, 6.45) is -3.11. The molecule has 1 unspecified atom stereocenters. The lowest BCUT2D eigenvalue weighted by Gasteiger charge is -2.33. The van der Waals surface area contributed by atoms with Crippen molar-refractivity contribution in [3.63, 3.8) is 0 Å². The molecule has 80 valence electrons. The van der Waals surface area contributed by atoms with Crippen molar-refractivity contribution in [1.82, 2.24) is 0 Å². The van der Waals surface area contributed by atoms with E-state index in [-0.39, 0.29) is 0 Å². The van der Waals surface area contributed by atoms with Crippen LogP contribution in [0.15, 0.2) is 4.99 Å². The SMILES string of the molecule is CC1(C)CCN=CC1C(=O)C(F)(F)F. The van der Waals surface area contributed by atoms with E-state index >= 15 is 0 Å². The van der Waals surface area contributed by atoms with Gasteiger partial charge in [0, 0.05) is 12.8 Å². The van der Waals surface area contributed by atoms with Crippen molar-refractivity contribution in [2.24, 2.45) is 16.3 Å². The van der Waals surface area contributed by atoms with Crippen LogP contribution in [0, 0.1) is 11.3 Å². The molecule has 2 nitrogen and oxygen atoms in total. The number of Topliss-reactive ketones (excluding diaryl/α,β-unsaturated/α-hetero) is 1. The van der Waals surface area contributed by atoms with Crippen LogP contribution in [-0.2, 0) is 4.79 Å². The molecule has 0 bridgehead atoms. The van der Waals surface area contributed by atoms with Crippen molar-refractivity contribution in [3.8, 4) is 0 Å². The third kappa shape index (κ3) is 2.13. The first-order valence-corrected chi connectivity index (χ1v) is 4.36. The fourth-order valence-corrected chi connectivity index (χ4v) is 1.49. The molecule has 0 amide bonds.